The van der Waals surface area contributed by atoms with Crippen LogP contribution in [0.3, 0.4) is 0 Å². The minimum Gasteiger partial charge on any atom is -0.476 e. The zero-order chi connectivity index (χ0) is 13.5. The van der Waals surface area contributed by atoms with Crippen molar-refractivity contribution in [3.8, 4) is 6.07 Å². The molecule has 0 radical (unpaired) electrons. The van der Waals surface area contributed by atoms with Gasteiger partial charge in [0.05, 0.1) is 11.6 Å². The molecule has 1 aromatic carbocycles. The fourth-order valence-electron chi connectivity index (χ4n) is 1.72. The monoisotopic (exact) mass is 307 g/mol. The number of carboxylic acid groups (broad SMARTS) is 1. The molecule has 92 valence electrons. The van der Waals surface area contributed by atoms with Crippen LogP contribution in [0.2, 0.25) is 0 Å². The topological polar surface area (TPSA) is 78.9 Å². The van der Waals surface area contributed by atoms with Gasteiger partial charge in [-0.2, -0.15) is 10.4 Å². The van der Waals surface area contributed by atoms with E-state index in [2.05, 4.69) is 27.1 Å². The molecular weight excluding hydrogens is 298 g/mol. The van der Waals surface area contributed by atoms with Crippen LogP contribution < -0.4 is 0 Å². The van der Waals surface area contributed by atoms with Crippen molar-refractivity contribution in [2.75, 3.05) is 0 Å². The lowest BCUT2D eigenvalue weighted by Crippen LogP contribution is -2.25. The molecule has 0 atom stereocenters. The van der Waals surface area contributed by atoms with Crippen LogP contribution in [0.25, 0.3) is 10.9 Å². The summed E-state index contributed by atoms with van der Waals surface area (Å²) in [6.45, 7) is 3.37. The summed E-state index contributed by atoms with van der Waals surface area (Å²) in [5, 5.41) is 22.9. The predicted octanol–water partition coefficient (Wildman–Crippen LogP) is 2.76. The number of nitriles is 1. The van der Waals surface area contributed by atoms with E-state index in [1.165, 1.54) is 4.68 Å². The maximum atomic E-state index is 11.2. The Labute approximate surface area is 112 Å². The van der Waals surface area contributed by atoms with Crippen molar-refractivity contribution < 1.29 is 9.90 Å². The molecule has 0 aliphatic rings. The first-order chi connectivity index (χ1) is 8.36. The smallest absolute Gasteiger partial charge is 0.357 e. The maximum Gasteiger partial charge on any atom is 0.357 e. The van der Waals surface area contributed by atoms with Gasteiger partial charge in [0.25, 0.3) is 0 Å². The van der Waals surface area contributed by atoms with Gasteiger partial charge in [0.2, 0.25) is 0 Å². The molecule has 0 aliphatic heterocycles. The average molecular weight is 308 g/mol. The number of fused-ring (bicyclic) bond motifs is 1. The van der Waals surface area contributed by atoms with Crippen LogP contribution in [0.5, 0.6) is 0 Å². The molecule has 1 N–H and O–H groups in total. The zero-order valence-electron chi connectivity index (χ0n) is 9.81. The first-order valence-electron chi connectivity index (χ1n) is 5.20. The Morgan fingerprint density at radius 2 is 2.22 bits per heavy atom. The molecule has 0 saturated heterocycles. The van der Waals surface area contributed by atoms with Crippen LogP contribution in [0.1, 0.15) is 24.3 Å². The lowest BCUT2D eigenvalue weighted by atomic mass is 10.1. The van der Waals surface area contributed by atoms with Crippen molar-refractivity contribution in [3.63, 3.8) is 0 Å². The lowest BCUT2D eigenvalue weighted by Gasteiger charge is -2.17. The first kappa shape index (κ1) is 12.6. The van der Waals surface area contributed by atoms with Gasteiger partial charge in [-0.25, -0.2) is 9.48 Å². The highest BCUT2D eigenvalue weighted by Gasteiger charge is 2.26. The van der Waals surface area contributed by atoms with Gasteiger partial charge in [-0.1, -0.05) is 15.9 Å². The standard InChI is InChI=1S/C12H10BrN3O2/c1-12(2,6-14)16-9-5-7(13)3-4-8(9)10(15-16)11(17)18/h3-5H,1-2H3,(H,17,18). The van der Waals surface area contributed by atoms with Gasteiger partial charge in [0, 0.05) is 9.86 Å². The van der Waals surface area contributed by atoms with E-state index in [1.807, 2.05) is 0 Å². The summed E-state index contributed by atoms with van der Waals surface area (Å²) in [4.78, 5) is 11.2. The average Bonchev–Trinajstić information content (AvgIpc) is 2.68. The minimum absolute atomic E-state index is 0.0409. The number of hydrogen-bond donors (Lipinski definition) is 1. The molecule has 1 heterocycles. The van der Waals surface area contributed by atoms with E-state index in [1.54, 1.807) is 32.0 Å². The molecule has 0 aliphatic carbocycles. The van der Waals surface area contributed by atoms with Gasteiger partial charge < -0.3 is 5.11 Å². The molecule has 0 unspecified atom stereocenters. The van der Waals surface area contributed by atoms with Gasteiger partial charge in [0.15, 0.2) is 5.69 Å². The van der Waals surface area contributed by atoms with Gasteiger partial charge >= 0.3 is 5.97 Å². The van der Waals surface area contributed by atoms with E-state index >= 15 is 0 Å². The maximum absolute atomic E-state index is 11.2. The van der Waals surface area contributed by atoms with Gasteiger partial charge in [-0.15, -0.1) is 0 Å². The minimum atomic E-state index is -1.10. The summed E-state index contributed by atoms with van der Waals surface area (Å²) in [6, 6.07) is 7.30. The van der Waals surface area contributed by atoms with Crippen molar-refractivity contribution in [1.82, 2.24) is 9.78 Å². The highest BCUT2D eigenvalue weighted by molar-refractivity contribution is 9.10. The molecule has 0 bridgehead atoms. The summed E-state index contributed by atoms with van der Waals surface area (Å²) in [5.74, 6) is -1.10. The van der Waals surface area contributed by atoms with Crippen LogP contribution in [0, 0.1) is 11.3 Å². The van der Waals surface area contributed by atoms with Gasteiger partial charge in [-0.3, -0.25) is 0 Å². The number of hydrogen-bond acceptors (Lipinski definition) is 3. The van der Waals surface area contributed by atoms with Crippen molar-refractivity contribution in [2.45, 2.75) is 19.4 Å². The number of benzene rings is 1. The normalized spacial score (nSPS) is 11.4. The van der Waals surface area contributed by atoms with Crippen molar-refractivity contribution in [2.24, 2.45) is 0 Å². The molecule has 0 amide bonds. The number of rotatable bonds is 2. The Hall–Kier alpha value is -1.87. The molecular formula is C12H10BrN3O2. The summed E-state index contributed by atoms with van der Waals surface area (Å²) >= 11 is 3.33. The van der Waals surface area contributed by atoms with E-state index in [0.29, 0.717) is 10.9 Å². The SMILES string of the molecule is CC(C)(C#N)n1nc(C(=O)O)c2ccc(Br)cc21. The van der Waals surface area contributed by atoms with E-state index in [4.69, 9.17) is 10.4 Å². The molecule has 0 spiro atoms. The van der Waals surface area contributed by atoms with Crippen molar-refractivity contribution in [1.29, 1.82) is 5.26 Å². The number of carbonyl (C=O) groups is 1. The number of carboxylic acids is 1. The molecule has 6 heteroatoms. The molecule has 2 rings (SSSR count). The Morgan fingerprint density at radius 1 is 1.56 bits per heavy atom. The van der Waals surface area contributed by atoms with Crippen LogP contribution in [0.4, 0.5) is 0 Å². The van der Waals surface area contributed by atoms with E-state index in [9.17, 15) is 4.79 Å². The molecule has 0 fully saturated rings. The number of aromatic carboxylic acids is 1. The summed E-state index contributed by atoms with van der Waals surface area (Å²) < 4.78 is 2.25. The Balaban J connectivity index is 2.87. The molecule has 1 aromatic heterocycles. The molecule has 18 heavy (non-hydrogen) atoms. The second kappa shape index (κ2) is 4.10. The number of aromatic nitrogens is 2. The molecule has 2 aromatic rings. The fraction of sp³-hybridized carbons (Fsp3) is 0.250. The highest BCUT2D eigenvalue weighted by atomic mass is 79.9. The van der Waals surface area contributed by atoms with Crippen LogP contribution in [-0.4, -0.2) is 20.9 Å². The third kappa shape index (κ3) is 1.87. The summed E-state index contributed by atoms with van der Waals surface area (Å²) in [6.07, 6.45) is 0. The van der Waals surface area contributed by atoms with Crippen molar-refractivity contribution in [3.05, 3.63) is 28.4 Å². The molecule has 0 saturated carbocycles. The Bertz CT molecular complexity index is 682. The second-order valence-corrected chi connectivity index (χ2v) is 5.31. The Kier molecular flexibility index (Phi) is 2.87. The van der Waals surface area contributed by atoms with E-state index in [-0.39, 0.29) is 5.69 Å². The quantitative estimate of drug-likeness (QED) is 0.925. The predicted molar refractivity (Wildman–Crippen MR) is 69.3 cm³/mol. The van der Waals surface area contributed by atoms with Crippen LogP contribution >= 0.6 is 15.9 Å². The van der Waals surface area contributed by atoms with Crippen LogP contribution in [0.15, 0.2) is 22.7 Å². The van der Waals surface area contributed by atoms with E-state index < -0.39 is 11.5 Å². The Morgan fingerprint density at radius 3 is 2.78 bits per heavy atom. The fourth-order valence-corrected chi connectivity index (χ4v) is 2.07. The highest BCUT2D eigenvalue weighted by Crippen LogP contribution is 2.27. The van der Waals surface area contributed by atoms with Crippen LogP contribution in [-0.2, 0) is 5.54 Å². The van der Waals surface area contributed by atoms with Crippen molar-refractivity contribution >= 4 is 32.8 Å². The summed E-state index contributed by atoms with van der Waals surface area (Å²) in [7, 11) is 0. The van der Waals surface area contributed by atoms with Gasteiger partial charge in [0.1, 0.15) is 5.54 Å². The third-order valence-electron chi connectivity index (χ3n) is 2.65. The van der Waals surface area contributed by atoms with E-state index in [0.717, 1.165) is 4.47 Å². The largest absolute Gasteiger partial charge is 0.476 e. The number of nitrogens with zero attached hydrogens (tertiary/aromatic N) is 3. The molecule has 5 nitrogen and oxygen atoms in total. The van der Waals surface area contributed by atoms with Gasteiger partial charge in [-0.05, 0) is 32.0 Å². The first-order valence-corrected chi connectivity index (χ1v) is 5.99. The summed E-state index contributed by atoms with van der Waals surface area (Å²) in [5.41, 5.74) is -0.332. The second-order valence-electron chi connectivity index (χ2n) is 4.40. The third-order valence-corrected chi connectivity index (χ3v) is 3.14. The number of halogens is 1. The zero-order valence-corrected chi connectivity index (χ0v) is 11.4. The lowest BCUT2D eigenvalue weighted by molar-refractivity contribution is 0.0691.